The molecule has 0 aromatic heterocycles. The molecule has 1 fully saturated rings. The van der Waals surface area contributed by atoms with Gasteiger partial charge >= 0.3 is 0 Å². The molecule has 0 unspecified atom stereocenters. The van der Waals surface area contributed by atoms with Crippen molar-refractivity contribution in [1.29, 1.82) is 0 Å². The number of methoxy groups -OCH3 is 2. The monoisotopic (exact) mass is 478 g/mol. The first-order chi connectivity index (χ1) is 15.7. The number of rotatable bonds is 9. The normalized spacial score (nSPS) is 14.3. The molecule has 1 N–H and O–H groups in total. The van der Waals surface area contributed by atoms with Gasteiger partial charge in [-0.25, -0.2) is 13.1 Å². The van der Waals surface area contributed by atoms with Gasteiger partial charge < -0.3 is 23.8 Å². The fraction of sp³-hybridized carbons (Fsp3) is 0.435. The highest BCUT2D eigenvalue weighted by molar-refractivity contribution is 7.89. The molecule has 10 heteroatoms. The average molecular weight is 479 g/mol. The Morgan fingerprint density at radius 1 is 1.03 bits per heavy atom. The smallest absolute Gasteiger partial charge is 0.257 e. The van der Waals surface area contributed by atoms with Gasteiger partial charge in [-0.2, -0.15) is 0 Å². The van der Waals surface area contributed by atoms with Gasteiger partial charge in [-0.3, -0.25) is 4.79 Å². The van der Waals surface area contributed by atoms with Crippen LogP contribution >= 0.6 is 0 Å². The summed E-state index contributed by atoms with van der Waals surface area (Å²) in [4.78, 5) is 14.6. The van der Waals surface area contributed by atoms with Crippen molar-refractivity contribution in [3.05, 3.63) is 47.5 Å². The van der Waals surface area contributed by atoms with Gasteiger partial charge in [0.2, 0.25) is 10.0 Å². The predicted octanol–water partition coefficient (Wildman–Crippen LogP) is 2.44. The molecule has 0 bridgehead atoms. The Bertz CT molecular complexity index is 1080. The molecule has 0 saturated carbocycles. The highest BCUT2D eigenvalue weighted by atomic mass is 32.2. The largest absolute Gasteiger partial charge is 0.496 e. The van der Waals surface area contributed by atoms with E-state index in [2.05, 4.69) is 4.72 Å². The van der Waals surface area contributed by atoms with Gasteiger partial charge in [0.25, 0.3) is 5.91 Å². The molecule has 9 nitrogen and oxygen atoms in total. The van der Waals surface area contributed by atoms with Crippen LogP contribution in [0.3, 0.4) is 0 Å². The third-order valence-electron chi connectivity index (χ3n) is 5.07. The highest BCUT2D eigenvalue weighted by Gasteiger charge is 2.24. The van der Waals surface area contributed by atoms with E-state index in [4.69, 9.17) is 18.9 Å². The van der Waals surface area contributed by atoms with Gasteiger partial charge in [-0.1, -0.05) is 6.07 Å². The van der Waals surface area contributed by atoms with Gasteiger partial charge in [0.15, 0.2) is 11.5 Å². The molecule has 0 radical (unpaired) electrons. The van der Waals surface area contributed by atoms with Crippen LogP contribution in [-0.4, -0.2) is 65.9 Å². The molecular weight excluding hydrogens is 448 g/mol. The van der Waals surface area contributed by atoms with E-state index in [9.17, 15) is 13.2 Å². The number of carbonyl (C=O) groups is 1. The number of amides is 1. The summed E-state index contributed by atoms with van der Waals surface area (Å²) in [6.45, 7) is 5.63. The van der Waals surface area contributed by atoms with Crippen molar-refractivity contribution in [3.8, 4) is 17.2 Å². The number of sulfonamides is 1. The van der Waals surface area contributed by atoms with E-state index in [1.165, 1.54) is 32.4 Å². The quantitative estimate of drug-likeness (QED) is 0.590. The number of carbonyl (C=O) groups excluding carboxylic acids is 1. The molecule has 2 aromatic rings. The average Bonchev–Trinajstić information content (AvgIpc) is 2.82. The van der Waals surface area contributed by atoms with E-state index in [1.54, 1.807) is 23.1 Å². The molecule has 3 rings (SSSR count). The van der Waals surface area contributed by atoms with E-state index in [0.717, 1.165) is 0 Å². The van der Waals surface area contributed by atoms with Crippen LogP contribution < -0.4 is 18.9 Å². The van der Waals surface area contributed by atoms with Crippen molar-refractivity contribution in [1.82, 2.24) is 9.62 Å². The molecule has 1 aliphatic heterocycles. The summed E-state index contributed by atoms with van der Waals surface area (Å²) in [5.41, 5.74) is 0.892. The van der Waals surface area contributed by atoms with E-state index in [0.29, 0.717) is 49.1 Å². The summed E-state index contributed by atoms with van der Waals surface area (Å²) in [5.74, 6) is 1.12. The fourth-order valence-corrected chi connectivity index (χ4v) is 4.44. The third kappa shape index (κ3) is 6.16. The third-order valence-corrected chi connectivity index (χ3v) is 6.47. The molecule has 1 aliphatic rings. The second kappa shape index (κ2) is 10.9. The van der Waals surface area contributed by atoms with Crippen LogP contribution in [0.1, 0.15) is 29.8 Å². The molecule has 180 valence electrons. The van der Waals surface area contributed by atoms with Crippen LogP contribution in [0.2, 0.25) is 0 Å². The second-order valence-corrected chi connectivity index (χ2v) is 9.51. The van der Waals surface area contributed by atoms with Crippen LogP contribution in [0.5, 0.6) is 17.2 Å². The minimum atomic E-state index is -3.89. The van der Waals surface area contributed by atoms with Crippen LogP contribution in [0, 0.1) is 0 Å². The number of hydrogen-bond acceptors (Lipinski definition) is 7. The number of nitrogens with one attached hydrogen (secondary N) is 1. The summed E-state index contributed by atoms with van der Waals surface area (Å²) in [7, 11) is -0.921. The van der Waals surface area contributed by atoms with Crippen molar-refractivity contribution in [2.45, 2.75) is 31.4 Å². The molecule has 0 atom stereocenters. The Morgan fingerprint density at radius 2 is 1.70 bits per heavy atom. The summed E-state index contributed by atoms with van der Waals surface area (Å²) in [6.07, 6.45) is -0.0207. The van der Waals surface area contributed by atoms with Crippen LogP contribution in [0.15, 0.2) is 41.3 Å². The lowest BCUT2D eigenvalue weighted by Crippen LogP contribution is -2.40. The maximum atomic E-state index is 13.0. The van der Waals surface area contributed by atoms with E-state index in [-0.39, 0.29) is 29.0 Å². The van der Waals surface area contributed by atoms with Crippen LogP contribution in [-0.2, 0) is 21.3 Å². The molecule has 33 heavy (non-hydrogen) atoms. The minimum Gasteiger partial charge on any atom is -0.496 e. The molecular formula is C23H30N2O7S. The van der Waals surface area contributed by atoms with Gasteiger partial charge in [0.1, 0.15) is 5.75 Å². The second-order valence-electron chi connectivity index (χ2n) is 7.74. The molecule has 0 spiro atoms. The summed E-state index contributed by atoms with van der Waals surface area (Å²) < 4.78 is 50.2. The summed E-state index contributed by atoms with van der Waals surface area (Å²) >= 11 is 0. The molecule has 1 heterocycles. The lowest BCUT2D eigenvalue weighted by Gasteiger charge is -2.27. The Hall–Kier alpha value is -2.82. The molecule has 2 aromatic carbocycles. The number of ether oxygens (including phenoxy) is 4. The Labute approximate surface area is 194 Å². The van der Waals surface area contributed by atoms with Crippen molar-refractivity contribution in [2.75, 3.05) is 40.5 Å². The number of nitrogens with zero attached hydrogens (tertiary/aromatic N) is 1. The summed E-state index contributed by atoms with van der Waals surface area (Å²) in [5, 5.41) is 0. The van der Waals surface area contributed by atoms with E-state index in [1.807, 2.05) is 13.8 Å². The van der Waals surface area contributed by atoms with Crippen molar-refractivity contribution < 1.29 is 32.2 Å². The number of benzene rings is 2. The van der Waals surface area contributed by atoms with Gasteiger partial charge in [0, 0.05) is 19.6 Å². The van der Waals surface area contributed by atoms with Crippen molar-refractivity contribution in [2.24, 2.45) is 0 Å². The molecule has 0 aliphatic carbocycles. The maximum Gasteiger partial charge on any atom is 0.257 e. The van der Waals surface area contributed by atoms with Crippen molar-refractivity contribution in [3.63, 3.8) is 0 Å². The van der Waals surface area contributed by atoms with Crippen LogP contribution in [0.4, 0.5) is 0 Å². The van der Waals surface area contributed by atoms with Gasteiger partial charge in [-0.15, -0.1) is 0 Å². The zero-order chi connectivity index (χ0) is 24.0. The zero-order valence-electron chi connectivity index (χ0n) is 19.3. The Balaban J connectivity index is 1.79. The standard InChI is InChI=1S/C23H30N2O7S/c1-16(2)32-21-7-5-17(13-22(21)30-4)15-24-33(27,28)18-6-8-20(29-3)19(14-18)23(26)25-9-11-31-12-10-25/h5-8,13-14,16,24H,9-12,15H2,1-4H3. The SMILES string of the molecule is COc1cc(CNS(=O)(=O)c2ccc(OC)c(C(=O)N3CCOCC3)c2)ccc1OC(C)C. The minimum absolute atomic E-state index is 0.0207. The summed E-state index contributed by atoms with van der Waals surface area (Å²) in [6, 6.07) is 9.49. The lowest BCUT2D eigenvalue weighted by atomic mass is 10.1. The lowest BCUT2D eigenvalue weighted by molar-refractivity contribution is 0.0300. The van der Waals surface area contributed by atoms with Crippen molar-refractivity contribution >= 4 is 15.9 Å². The molecule has 1 amide bonds. The Kier molecular flexibility index (Phi) is 8.17. The molecule has 1 saturated heterocycles. The predicted molar refractivity (Wildman–Crippen MR) is 123 cm³/mol. The Morgan fingerprint density at radius 3 is 2.33 bits per heavy atom. The van der Waals surface area contributed by atoms with E-state index < -0.39 is 10.0 Å². The maximum absolute atomic E-state index is 13.0. The topological polar surface area (TPSA) is 103 Å². The van der Waals surface area contributed by atoms with Crippen LogP contribution in [0.25, 0.3) is 0 Å². The highest BCUT2D eigenvalue weighted by Crippen LogP contribution is 2.29. The van der Waals surface area contributed by atoms with Gasteiger partial charge in [-0.05, 0) is 49.7 Å². The first-order valence-corrected chi connectivity index (χ1v) is 12.1. The van der Waals surface area contributed by atoms with E-state index >= 15 is 0 Å². The first kappa shape index (κ1) is 24.8. The fourth-order valence-electron chi connectivity index (χ4n) is 3.39. The van der Waals surface area contributed by atoms with Gasteiger partial charge in [0.05, 0.1) is 44.0 Å². The number of hydrogen-bond donors (Lipinski definition) is 1. The first-order valence-electron chi connectivity index (χ1n) is 10.6. The zero-order valence-corrected chi connectivity index (χ0v) is 20.1. The number of morpholine rings is 1.